The largest absolute Gasteiger partial charge is 0.383 e. The summed E-state index contributed by atoms with van der Waals surface area (Å²) in [4.78, 5) is 8.57. The van der Waals surface area contributed by atoms with Gasteiger partial charge in [-0.3, -0.25) is 0 Å². The maximum Gasteiger partial charge on any atom is 0.191 e. The standard InChI is InChI=1S/C13H22N4S/c1-9-5-3-4-6-10(9)8-15-12-7-11(14)16-13(17-12)18-2/h7,9-10H,3-6,8H2,1-2H3,(H3,14,15,16,17). The summed E-state index contributed by atoms with van der Waals surface area (Å²) in [6, 6.07) is 1.81. The van der Waals surface area contributed by atoms with Crippen molar-refractivity contribution < 1.29 is 0 Å². The van der Waals surface area contributed by atoms with E-state index in [0.29, 0.717) is 5.82 Å². The van der Waals surface area contributed by atoms with Gasteiger partial charge in [0.1, 0.15) is 11.6 Å². The fraction of sp³-hybridized carbons (Fsp3) is 0.692. The van der Waals surface area contributed by atoms with Gasteiger partial charge >= 0.3 is 0 Å². The summed E-state index contributed by atoms with van der Waals surface area (Å²) in [5.74, 6) is 2.95. The minimum absolute atomic E-state index is 0.536. The van der Waals surface area contributed by atoms with Gasteiger partial charge in [0.15, 0.2) is 5.16 Å². The first-order valence-electron chi connectivity index (χ1n) is 6.61. The Bertz CT molecular complexity index is 397. The normalized spacial score (nSPS) is 23.9. The highest BCUT2D eigenvalue weighted by Crippen LogP contribution is 2.29. The van der Waals surface area contributed by atoms with E-state index in [1.54, 1.807) is 0 Å². The van der Waals surface area contributed by atoms with Crippen LogP contribution in [0.15, 0.2) is 11.2 Å². The van der Waals surface area contributed by atoms with Crippen molar-refractivity contribution in [3.05, 3.63) is 6.07 Å². The minimum atomic E-state index is 0.536. The van der Waals surface area contributed by atoms with E-state index in [-0.39, 0.29) is 0 Å². The number of nitrogens with zero attached hydrogens (tertiary/aromatic N) is 2. The number of aromatic nitrogens is 2. The van der Waals surface area contributed by atoms with Gasteiger partial charge in [-0.15, -0.1) is 0 Å². The number of hydrogen-bond donors (Lipinski definition) is 2. The van der Waals surface area contributed by atoms with E-state index in [1.807, 2.05) is 12.3 Å². The molecule has 0 bridgehead atoms. The lowest BCUT2D eigenvalue weighted by Crippen LogP contribution is -2.24. The average molecular weight is 266 g/mol. The summed E-state index contributed by atoms with van der Waals surface area (Å²) in [6.45, 7) is 3.35. The maximum absolute atomic E-state index is 5.77. The molecule has 1 aliphatic carbocycles. The third-order valence-corrected chi connectivity index (χ3v) is 4.29. The number of nitrogen functional groups attached to an aromatic ring is 1. The molecule has 1 fully saturated rings. The topological polar surface area (TPSA) is 63.8 Å². The molecule has 0 radical (unpaired) electrons. The van der Waals surface area contributed by atoms with Crippen molar-refractivity contribution in [2.45, 2.75) is 37.8 Å². The molecular formula is C13H22N4S. The molecule has 0 spiro atoms. The molecule has 1 aromatic heterocycles. The first-order valence-corrected chi connectivity index (χ1v) is 7.84. The molecule has 3 N–H and O–H groups in total. The van der Waals surface area contributed by atoms with Crippen LogP contribution < -0.4 is 11.1 Å². The van der Waals surface area contributed by atoms with Crippen LogP contribution in [0.1, 0.15) is 32.6 Å². The van der Waals surface area contributed by atoms with Crippen molar-refractivity contribution in [2.24, 2.45) is 11.8 Å². The van der Waals surface area contributed by atoms with Crippen LogP contribution in [0.2, 0.25) is 0 Å². The highest BCUT2D eigenvalue weighted by molar-refractivity contribution is 7.98. The minimum Gasteiger partial charge on any atom is -0.383 e. The molecule has 2 rings (SSSR count). The summed E-state index contributed by atoms with van der Waals surface area (Å²) in [5, 5.41) is 4.15. The van der Waals surface area contributed by atoms with Crippen LogP contribution in [0, 0.1) is 11.8 Å². The monoisotopic (exact) mass is 266 g/mol. The van der Waals surface area contributed by atoms with E-state index in [4.69, 9.17) is 5.73 Å². The second-order valence-corrected chi connectivity index (χ2v) is 5.84. The molecule has 0 amide bonds. The summed E-state index contributed by atoms with van der Waals surface area (Å²) in [5.41, 5.74) is 5.77. The van der Waals surface area contributed by atoms with Crippen LogP contribution in [0.5, 0.6) is 0 Å². The van der Waals surface area contributed by atoms with E-state index in [1.165, 1.54) is 37.4 Å². The van der Waals surface area contributed by atoms with Crippen molar-refractivity contribution >= 4 is 23.4 Å². The highest BCUT2D eigenvalue weighted by atomic mass is 32.2. The number of rotatable bonds is 4. The number of anilines is 2. The van der Waals surface area contributed by atoms with Crippen LogP contribution in [-0.4, -0.2) is 22.8 Å². The Labute approximate surface area is 113 Å². The molecule has 100 valence electrons. The molecule has 1 saturated carbocycles. The summed E-state index contributed by atoms with van der Waals surface area (Å²) in [6.07, 6.45) is 7.38. The van der Waals surface area contributed by atoms with E-state index in [9.17, 15) is 0 Å². The number of nitrogens with one attached hydrogen (secondary N) is 1. The van der Waals surface area contributed by atoms with Crippen molar-refractivity contribution in [1.82, 2.24) is 9.97 Å². The second-order valence-electron chi connectivity index (χ2n) is 5.07. The number of thioether (sulfide) groups is 1. The van der Waals surface area contributed by atoms with Crippen LogP contribution in [-0.2, 0) is 0 Å². The Morgan fingerprint density at radius 1 is 1.39 bits per heavy atom. The quantitative estimate of drug-likeness (QED) is 0.648. The summed E-state index contributed by atoms with van der Waals surface area (Å²) >= 11 is 1.52. The lowest BCUT2D eigenvalue weighted by molar-refractivity contribution is 0.268. The van der Waals surface area contributed by atoms with E-state index < -0.39 is 0 Å². The lowest BCUT2D eigenvalue weighted by atomic mass is 9.80. The van der Waals surface area contributed by atoms with Crippen LogP contribution in [0.25, 0.3) is 0 Å². The molecule has 0 aromatic carbocycles. The number of nitrogens with two attached hydrogens (primary N) is 1. The van der Waals surface area contributed by atoms with Gasteiger partial charge in [0, 0.05) is 12.6 Å². The Morgan fingerprint density at radius 3 is 2.89 bits per heavy atom. The molecule has 0 aliphatic heterocycles. The molecule has 0 saturated heterocycles. The van der Waals surface area contributed by atoms with Crippen LogP contribution in [0.4, 0.5) is 11.6 Å². The van der Waals surface area contributed by atoms with Crippen molar-refractivity contribution in [3.8, 4) is 0 Å². The van der Waals surface area contributed by atoms with Gasteiger partial charge in [0.2, 0.25) is 0 Å². The Morgan fingerprint density at radius 2 is 2.17 bits per heavy atom. The van der Waals surface area contributed by atoms with E-state index in [2.05, 4.69) is 22.2 Å². The lowest BCUT2D eigenvalue weighted by Gasteiger charge is -2.29. The maximum atomic E-state index is 5.77. The summed E-state index contributed by atoms with van der Waals surface area (Å²) in [7, 11) is 0. The van der Waals surface area contributed by atoms with Crippen LogP contribution in [0.3, 0.4) is 0 Å². The van der Waals surface area contributed by atoms with Gasteiger partial charge in [-0.1, -0.05) is 37.9 Å². The Kier molecular flexibility index (Phi) is 4.69. The zero-order valence-electron chi connectivity index (χ0n) is 11.1. The molecule has 4 nitrogen and oxygen atoms in total. The van der Waals surface area contributed by atoms with E-state index in [0.717, 1.165) is 29.4 Å². The van der Waals surface area contributed by atoms with Gasteiger partial charge in [-0.25, -0.2) is 9.97 Å². The smallest absolute Gasteiger partial charge is 0.191 e. The van der Waals surface area contributed by atoms with Crippen molar-refractivity contribution in [1.29, 1.82) is 0 Å². The molecular weight excluding hydrogens is 244 g/mol. The van der Waals surface area contributed by atoms with E-state index >= 15 is 0 Å². The predicted molar refractivity (Wildman–Crippen MR) is 77.8 cm³/mol. The highest BCUT2D eigenvalue weighted by Gasteiger charge is 2.20. The third kappa shape index (κ3) is 3.51. The first-order chi connectivity index (χ1) is 8.69. The SMILES string of the molecule is CSc1nc(N)cc(NCC2CCCCC2C)n1. The van der Waals surface area contributed by atoms with Gasteiger partial charge < -0.3 is 11.1 Å². The van der Waals surface area contributed by atoms with Gasteiger partial charge in [-0.2, -0.15) is 0 Å². The molecule has 2 unspecified atom stereocenters. The molecule has 2 atom stereocenters. The fourth-order valence-corrected chi connectivity index (χ4v) is 2.94. The van der Waals surface area contributed by atoms with Crippen LogP contribution >= 0.6 is 11.8 Å². The summed E-state index contributed by atoms with van der Waals surface area (Å²) < 4.78 is 0. The van der Waals surface area contributed by atoms with Crippen molar-refractivity contribution in [2.75, 3.05) is 23.9 Å². The Hall–Kier alpha value is -0.970. The fourth-order valence-electron chi connectivity index (χ4n) is 2.56. The average Bonchev–Trinajstić information content (AvgIpc) is 2.37. The molecule has 18 heavy (non-hydrogen) atoms. The molecule has 1 aliphatic rings. The molecule has 1 aromatic rings. The second kappa shape index (κ2) is 6.27. The van der Waals surface area contributed by atoms with Gasteiger partial charge in [0.05, 0.1) is 0 Å². The first kappa shape index (κ1) is 13.5. The predicted octanol–water partition coefficient (Wildman–Crippen LogP) is 3.02. The molecule has 5 heteroatoms. The van der Waals surface area contributed by atoms with Gasteiger partial charge in [-0.05, 0) is 24.5 Å². The number of hydrogen-bond acceptors (Lipinski definition) is 5. The zero-order valence-corrected chi connectivity index (χ0v) is 12.0. The Balaban J connectivity index is 1.94. The zero-order chi connectivity index (χ0) is 13.0. The third-order valence-electron chi connectivity index (χ3n) is 3.74. The van der Waals surface area contributed by atoms with Gasteiger partial charge in [0.25, 0.3) is 0 Å². The molecule has 1 heterocycles. The van der Waals surface area contributed by atoms with Crippen molar-refractivity contribution in [3.63, 3.8) is 0 Å².